The number of esters is 1. The number of nitrogens with zero attached hydrogens (tertiary/aromatic N) is 1. The van der Waals surface area contributed by atoms with E-state index in [-0.39, 0.29) is 11.7 Å². The van der Waals surface area contributed by atoms with Crippen molar-refractivity contribution in [3.63, 3.8) is 0 Å². The van der Waals surface area contributed by atoms with Crippen molar-refractivity contribution in [3.8, 4) is 0 Å². The molecule has 1 atom stereocenters. The quantitative estimate of drug-likeness (QED) is 0.262. The highest BCUT2D eigenvalue weighted by Crippen LogP contribution is 2.22. The lowest BCUT2D eigenvalue weighted by Gasteiger charge is -2.20. The average molecular weight is 373 g/mol. The van der Waals surface area contributed by atoms with E-state index < -0.39 is 21.3 Å². The second-order valence-corrected chi connectivity index (χ2v) is 8.07. The molecule has 1 aliphatic heterocycles. The van der Waals surface area contributed by atoms with Gasteiger partial charge >= 0.3 is 16.1 Å². The fourth-order valence-corrected chi connectivity index (χ4v) is 3.79. The summed E-state index contributed by atoms with van der Waals surface area (Å²) in [6.07, 6.45) is 1.08. The summed E-state index contributed by atoms with van der Waals surface area (Å²) in [6.45, 7) is 2.54. The van der Waals surface area contributed by atoms with Gasteiger partial charge in [-0.15, -0.1) is 0 Å². The third kappa shape index (κ3) is 5.22. The molecule has 1 aliphatic rings. The number of carbonyl (C=O) groups is 1. The number of aryl methyl sites for hydroxylation is 1. The van der Waals surface area contributed by atoms with Crippen molar-refractivity contribution in [3.05, 3.63) is 29.8 Å². The Hall–Kier alpha value is -1.58. The molecule has 1 aromatic rings. The SMILES string of the molecule is COC(=O)/C(=N/OS(=O)(=O)C1CCCOC1)Sc1ccc(C)cc1. The highest BCUT2D eigenvalue weighted by molar-refractivity contribution is 8.15. The van der Waals surface area contributed by atoms with Crippen molar-refractivity contribution < 1.29 is 27.0 Å². The summed E-state index contributed by atoms with van der Waals surface area (Å²) in [5, 5.41) is 2.55. The number of thioether (sulfide) groups is 1. The van der Waals surface area contributed by atoms with Gasteiger partial charge in [0.05, 0.1) is 13.7 Å². The van der Waals surface area contributed by atoms with Crippen LogP contribution < -0.4 is 0 Å². The van der Waals surface area contributed by atoms with Crippen LogP contribution in [0.3, 0.4) is 0 Å². The Balaban J connectivity index is 2.13. The van der Waals surface area contributed by atoms with Gasteiger partial charge < -0.3 is 9.47 Å². The van der Waals surface area contributed by atoms with Gasteiger partial charge in [-0.2, -0.15) is 8.42 Å². The predicted molar refractivity (Wildman–Crippen MR) is 90.3 cm³/mol. The lowest BCUT2D eigenvalue weighted by molar-refractivity contribution is -0.132. The fourth-order valence-electron chi connectivity index (χ4n) is 1.99. The van der Waals surface area contributed by atoms with Crippen LogP contribution >= 0.6 is 11.8 Å². The monoisotopic (exact) mass is 373 g/mol. The van der Waals surface area contributed by atoms with E-state index in [1.807, 2.05) is 19.1 Å². The largest absolute Gasteiger partial charge is 0.464 e. The number of ether oxygens (including phenoxy) is 2. The van der Waals surface area contributed by atoms with Gasteiger partial charge in [-0.1, -0.05) is 34.6 Å². The molecule has 9 heteroatoms. The number of methoxy groups -OCH3 is 1. The molecule has 0 aromatic heterocycles. The highest BCUT2D eigenvalue weighted by Gasteiger charge is 2.30. The summed E-state index contributed by atoms with van der Waals surface area (Å²) in [6, 6.07) is 7.33. The van der Waals surface area contributed by atoms with Crippen molar-refractivity contribution >= 4 is 32.9 Å². The van der Waals surface area contributed by atoms with E-state index in [1.54, 1.807) is 12.1 Å². The molecular weight excluding hydrogens is 354 g/mol. The minimum absolute atomic E-state index is 0.0660. The van der Waals surface area contributed by atoms with E-state index in [1.165, 1.54) is 7.11 Å². The van der Waals surface area contributed by atoms with Crippen molar-refractivity contribution in [1.82, 2.24) is 0 Å². The molecule has 0 aliphatic carbocycles. The zero-order valence-electron chi connectivity index (χ0n) is 13.4. The lowest BCUT2D eigenvalue weighted by atomic mass is 10.2. The van der Waals surface area contributed by atoms with Gasteiger partial charge in [0.15, 0.2) is 0 Å². The minimum Gasteiger partial charge on any atom is -0.464 e. The second kappa shape index (κ2) is 8.50. The molecule has 0 radical (unpaired) electrons. The Morgan fingerprint density at radius 1 is 1.33 bits per heavy atom. The molecule has 2 rings (SSSR count). The fraction of sp³-hybridized carbons (Fsp3) is 0.467. The van der Waals surface area contributed by atoms with Gasteiger partial charge in [-0.25, -0.2) is 4.79 Å². The number of benzene rings is 1. The molecule has 1 heterocycles. The zero-order chi connectivity index (χ0) is 17.6. The van der Waals surface area contributed by atoms with Crippen LogP contribution in [0.25, 0.3) is 0 Å². The van der Waals surface area contributed by atoms with Crippen LogP contribution in [-0.4, -0.2) is 45.0 Å². The molecule has 1 fully saturated rings. The molecule has 0 bridgehead atoms. The van der Waals surface area contributed by atoms with E-state index in [2.05, 4.69) is 9.89 Å². The Morgan fingerprint density at radius 2 is 2.04 bits per heavy atom. The van der Waals surface area contributed by atoms with E-state index in [4.69, 9.17) is 9.02 Å². The van der Waals surface area contributed by atoms with Crippen LogP contribution in [0, 0.1) is 6.92 Å². The molecule has 7 nitrogen and oxygen atoms in total. The highest BCUT2D eigenvalue weighted by atomic mass is 32.2. The number of hydrogen-bond acceptors (Lipinski definition) is 8. The maximum absolute atomic E-state index is 12.1. The van der Waals surface area contributed by atoms with Gasteiger partial charge in [0.2, 0.25) is 5.04 Å². The van der Waals surface area contributed by atoms with Crippen LogP contribution in [0.2, 0.25) is 0 Å². The van der Waals surface area contributed by atoms with Crippen LogP contribution in [0.1, 0.15) is 18.4 Å². The molecule has 132 valence electrons. The summed E-state index contributed by atoms with van der Waals surface area (Å²) in [5.74, 6) is -0.768. The molecule has 24 heavy (non-hydrogen) atoms. The topological polar surface area (TPSA) is 91.3 Å². The van der Waals surface area contributed by atoms with Crippen LogP contribution in [0.15, 0.2) is 34.3 Å². The number of carbonyl (C=O) groups excluding carboxylic acids is 1. The van der Waals surface area contributed by atoms with Crippen LogP contribution in [-0.2, 0) is 28.7 Å². The molecule has 0 spiro atoms. The smallest absolute Gasteiger partial charge is 0.367 e. The van der Waals surface area contributed by atoms with E-state index >= 15 is 0 Å². The summed E-state index contributed by atoms with van der Waals surface area (Å²) in [4.78, 5) is 12.5. The Kier molecular flexibility index (Phi) is 6.64. The lowest BCUT2D eigenvalue weighted by Crippen LogP contribution is -2.31. The van der Waals surface area contributed by atoms with Crippen LogP contribution in [0.4, 0.5) is 0 Å². The third-order valence-corrected chi connectivity index (χ3v) is 5.76. The molecular formula is C15H19NO6S2. The number of hydrogen-bond donors (Lipinski definition) is 0. The summed E-state index contributed by atoms with van der Waals surface area (Å²) >= 11 is 0.972. The predicted octanol–water partition coefficient (Wildman–Crippen LogP) is 2.10. The Bertz CT molecular complexity index is 693. The first kappa shape index (κ1) is 18.8. The van der Waals surface area contributed by atoms with E-state index in [9.17, 15) is 13.2 Å². The van der Waals surface area contributed by atoms with Crippen molar-refractivity contribution in [2.75, 3.05) is 20.3 Å². The maximum Gasteiger partial charge on any atom is 0.367 e. The van der Waals surface area contributed by atoms with Gasteiger partial charge in [0.25, 0.3) is 0 Å². The third-order valence-electron chi connectivity index (χ3n) is 3.35. The molecule has 1 saturated heterocycles. The first-order valence-electron chi connectivity index (χ1n) is 7.33. The van der Waals surface area contributed by atoms with E-state index in [0.29, 0.717) is 24.3 Å². The summed E-state index contributed by atoms with van der Waals surface area (Å²) < 4.78 is 38.7. The first-order valence-corrected chi connectivity index (χ1v) is 9.62. The standard InChI is InChI=1S/C15H19NO6S2/c1-11-5-7-12(8-6-11)23-14(15(17)20-2)16-22-24(18,19)13-4-3-9-21-10-13/h5-8,13H,3-4,9-10H2,1-2H3/b16-14-. The molecule has 0 saturated carbocycles. The van der Waals surface area contributed by atoms with Gasteiger partial charge in [0.1, 0.15) is 5.25 Å². The van der Waals surface area contributed by atoms with Gasteiger partial charge in [-0.3, -0.25) is 4.28 Å². The van der Waals surface area contributed by atoms with E-state index in [0.717, 1.165) is 17.3 Å². The Morgan fingerprint density at radius 3 is 2.62 bits per heavy atom. The second-order valence-electron chi connectivity index (χ2n) is 5.21. The summed E-state index contributed by atoms with van der Waals surface area (Å²) in [7, 11) is -2.76. The number of oxime groups is 1. The number of rotatable bonds is 4. The minimum atomic E-state index is -3.95. The van der Waals surface area contributed by atoms with Gasteiger partial charge in [0, 0.05) is 11.5 Å². The first-order chi connectivity index (χ1) is 11.4. The van der Waals surface area contributed by atoms with Crippen molar-refractivity contribution in [1.29, 1.82) is 0 Å². The summed E-state index contributed by atoms with van der Waals surface area (Å²) in [5.41, 5.74) is 1.06. The van der Waals surface area contributed by atoms with Crippen molar-refractivity contribution in [2.24, 2.45) is 5.16 Å². The van der Waals surface area contributed by atoms with Crippen molar-refractivity contribution in [2.45, 2.75) is 29.9 Å². The average Bonchev–Trinajstić information content (AvgIpc) is 2.60. The normalized spacial score (nSPS) is 18.9. The Labute approximate surface area is 145 Å². The molecule has 0 N–H and O–H groups in total. The molecule has 0 amide bonds. The van der Waals surface area contributed by atoms with Crippen LogP contribution in [0.5, 0.6) is 0 Å². The maximum atomic E-state index is 12.1. The molecule has 1 aromatic carbocycles. The molecule has 1 unspecified atom stereocenters. The zero-order valence-corrected chi connectivity index (χ0v) is 15.1. The van der Waals surface area contributed by atoms with Gasteiger partial charge in [-0.05, 0) is 31.9 Å².